The summed E-state index contributed by atoms with van der Waals surface area (Å²) in [4.78, 5) is 279. The Balaban J connectivity index is 1.62. The Morgan fingerprint density at radius 1 is 0.549 bits per heavy atom. The molecule has 1 saturated heterocycles. The number of para-hydroxylation sites is 2. The highest BCUT2D eigenvalue weighted by Crippen LogP contribution is 2.22. The lowest BCUT2D eigenvalue weighted by Crippen LogP contribution is -2.61. The third kappa shape index (κ3) is 33.4. The summed E-state index contributed by atoms with van der Waals surface area (Å²) in [6, 6.07) is -2.24. The molecule has 43 heteroatoms. The molecule has 13 atom stereocenters. The summed E-state index contributed by atoms with van der Waals surface area (Å²) in [6.07, 6.45) is -1.58. The highest BCUT2D eigenvalue weighted by atomic mass is 16.5. The number of cyclic esters (lactones) is 1. The molecular weight excluding hydrogens is 1600 g/mol. The summed E-state index contributed by atoms with van der Waals surface area (Å²) < 4.78 is 5.76. The number of Topliss-reactive ketones (excluding diaryl/α,β-unsaturated/α-hetero) is 1. The molecule has 43 nitrogen and oxygen atoms in total. The van der Waals surface area contributed by atoms with Crippen LogP contribution in [0.5, 0.6) is 0 Å². The molecule has 664 valence electrons. The molecule has 2 heterocycles. The van der Waals surface area contributed by atoms with E-state index >= 15 is 0 Å². The molecule has 1 aromatic heterocycles. The van der Waals surface area contributed by atoms with E-state index in [0.717, 1.165) is 52.9 Å². The molecular formula is C79H107N17O26. The van der Waals surface area contributed by atoms with Crippen LogP contribution in [0.3, 0.4) is 0 Å². The number of aromatic amines is 1. The fourth-order valence-electron chi connectivity index (χ4n) is 12.6. The molecule has 0 aliphatic carbocycles. The Labute approximate surface area is 699 Å². The van der Waals surface area contributed by atoms with Crippen molar-refractivity contribution < 1.29 is 126 Å². The number of amides is 15. The average Bonchev–Trinajstić information content (AvgIpc) is 1.62. The van der Waals surface area contributed by atoms with Gasteiger partial charge in [-0.1, -0.05) is 101 Å². The van der Waals surface area contributed by atoms with Crippen LogP contribution >= 0.6 is 0 Å². The predicted octanol–water partition coefficient (Wildman–Crippen LogP) is -4.24. The van der Waals surface area contributed by atoms with Gasteiger partial charge >= 0.3 is 23.9 Å². The van der Waals surface area contributed by atoms with Crippen LogP contribution in [0.4, 0.5) is 5.69 Å². The summed E-state index contributed by atoms with van der Waals surface area (Å²) >= 11 is 0. The Morgan fingerprint density at radius 2 is 1.11 bits per heavy atom. The zero-order valence-electron chi connectivity index (χ0n) is 67.6. The van der Waals surface area contributed by atoms with Crippen LogP contribution < -0.4 is 85.9 Å². The number of fused-ring (bicyclic) bond motifs is 1. The van der Waals surface area contributed by atoms with Gasteiger partial charge in [0.1, 0.15) is 72.6 Å². The zero-order chi connectivity index (χ0) is 90.3. The summed E-state index contributed by atoms with van der Waals surface area (Å²) in [5, 5.41) is 82.6. The number of carboxylic acid groups (broad SMARTS) is 3. The first-order valence-corrected chi connectivity index (χ1v) is 39.4. The number of primary amides is 1. The number of anilines is 1. The number of ether oxygens (including phenoxy) is 1. The number of H-pyrrole nitrogens is 1. The average molecular weight is 1710 g/mol. The second-order valence-corrected chi connectivity index (χ2v) is 29.0. The highest BCUT2D eigenvalue weighted by Gasteiger charge is 2.41. The van der Waals surface area contributed by atoms with E-state index < -0.39 is 268 Å². The minimum Gasteiger partial charge on any atom is -0.481 e. The fraction of sp³-hybridized carbons (Fsp3) is 0.494. The molecule has 0 bridgehead atoms. The van der Waals surface area contributed by atoms with Crippen molar-refractivity contribution in [2.24, 2.45) is 11.7 Å². The topological polar surface area (TPSA) is 688 Å². The molecule has 1 aliphatic rings. The van der Waals surface area contributed by atoms with Crippen molar-refractivity contribution in [1.82, 2.24) is 79.4 Å². The van der Waals surface area contributed by atoms with Crippen molar-refractivity contribution in [3.05, 3.63) is 102 Å². The first-order valence-electron chi connectivity index (χ1n) is 39.4. The Kier molecular flexibility index (Phi) is 41.0. The number of aliphatic carboxylic acids is 3. The minimum absolute atomic E-state index is 0.00509. The number of aliphatic hydroxyl groups excluding tert-OH is 2. The molecule has 3 aromatic carbocycles. The van der Waals surface area contributed by atoms with E-state index in [1.54, 1.807) is 48.7 Å². The number of carbonyl (C=O) groups is 20. The predicted molar refractivity (Wildman–Crippen MR) is 429 cm³/mol. The zero-order valence-corrected chi connectivity index (χ0v) is 67.6. The van der Waals surface area contributed by atoms with Crippen LogP contribution in [-0.4, -0.2) is 254 Å². The lowest BCUT2D eigenvalue weighted by atomic mass is 9.96. The number of nitrogens with two attached hydrogens (primary N) is 2. The summed E-state index contributed by atoms with van der Waals surface area (Å²) in [5.41, 5.74) is 12.7. The lowest BCUT2D eigenvalue weighted by molar-refractivity contribution is -0.156. The Hall–Kier alpha value is -13.5. The van der Waals surface area contributed by atoms with Gasteiger partial charge in [0, 0.05) is 66.3 Å². The van der Waals surface area contributed by atoms with Crippen molar-refractivity contribution in [2.75, 3.05) is 38.6 Å². The summed E-state index contributed by atoms with van der Waals surface area (Å²) in [5.74, 6) is -27.9. The van der Waals surface area contributed by atoms with Crippen molar-refractivity contribution in [3.8, 4) is 0 Å². The Bertz CT molecular complexity index is 4410. The van der Waals surface area contributed by atoms with E-state index in [9.17, 15) is 121 Å². The van der Waals surface area contributed by atoms with E-state index in [4.69, 9.17) is 16.2 Å². The number of rotatable bonds is 37. The molecule has 4 aromatic rings. The second-order valence-electron chi connectivity index (χ2n) is 29.0. The maximum absolute atomic E-state index is 15.0. The van der Waals surface area contributed by atoms with Gasteiger partial charge in [-0.25, -0.2) is 4.79 Å². The number of nitrogen functional groups attached to an aromatic ring is 1. The van der Waals surface area contributed by atoms with Crippen LogP contribution in [0, 0.1) is 5.92 Å². The third-order valence-electron chi connectivity index (χ3n) is 19.2. The van der Waals surface area contributed by atoms with Gasteiger partial charge in [0.15, 0.2) is 5.78 Å². The van der Waals surface area contributed by atoms with Crippen LogP contribution in [0.2, 0.25) is 0 Å². The molecule has 15 amide bonds. The van der Waals surface area contributed by atoms with Crippen molar-refractivity contribution in [2.45, 2.75) is 209 Å². The normalized spacial score (nSPS) is 20.6. The largest absolute Gasteiger partial charge is 0.481 e. The number of aliphatic hydroxyl groups is 2. The molecule has 0 unspecified atom stereocenters. The highest BCUT2D eigenvalue weighted by molar-refractivity contribution is 6.05. The van der Waals surface area contributed by atoms with E-state index in [0.29, 0.717) is 29.3 Å². The number of unbranched alkanes of at least 4 members (excludes halogenated alkanes) is 6. The number of esters is 1. The van der Waals surface area contributed by atoms with Gasteiger partial charge in [-0.3, -0.25) is 91.1 Å². The molecule has 0 radical (unpaired) electrons. The molecule has 0 spiro atoms. The summed E-state index contributed by atoms with van der Waals surface area (Å²) in [7, 11) is 0. The van der Waals surface area contributed by atoms with Crippen molar-refractivity contribution in [3.63, 3.8) is 0 Å². The molecule has 0 saturated carbocycles. The number of ketones is 1. The first-order chi connectivity index (χ1) is 57.9. The molecule has 1 aliphatic heterocycles. The number of hydrogen-bond donors (Lipinski definition) is 22. The van der Waals surface area contributed by atoms with Gasteiger partial charge in [-0.15, -0.1) is 0 Å². The fourth-order valence-corrected chi connectivity index (χ4v) is 12.6. The van der Waals surface area contributed by atoms with E-state index in [2.05, 4.69) is 70.4 Å². The Morgan fingerprint density at radius 3 is 1.75 bits per heavy atom. The van der Waals surface area contributed by atoms with Crippen molar-refractivity contribution >= 4 is 135 Å². The van der Waals surface area contributed by atoms with Gasteiger partial charge in [0.25, 0.3) is 5.91 Å². The van der Waals surface area contributed by atoms with E-state index in [-0.39, 0.29) is 42.6 Å². The quantitative estimate of drug-likeness (QED) is 0.00880. The lowest BCUT2D eigenvalue weighted by Gasteiger charge is -2.30. The summed E-state index contributed by atoms with van der Waals surface area (Å²) in [6.45, 7) is 0.185. The molecule has 5 rings (SSSR count). The maximum atomic E-state index is 15.0. The third-order valence-corrected chi connectivity index (χ3v) is 19.2. The molecule has 24 N–H and O–H groups in total. The van der Waals surface area contributed by atoms with E-state index in [1.807, 2.05) is 16.0 Å². The standard InChI is InChI=1S/C79H107N17O26/c1-5-6-7-8-9-10-14-27-60(101)88-52(32-45-37-83-49-25-18-16-22-46(45)49)74(116)92-53(34-59(81)100)75(117)90-51(28-30-97)72(114)96-67-43(4)122-79(121)56(33-58(99)47-23-15-17-24-48(47)80)94-78(120)66(41(2)31-63(104)105)95-76(118)57(40-98)89-62(103)38-84-70(112)54(35-64(106)107)91-68(110)42(3)86-73(115)55(36-65(108)109)93-71(113)50(87-61(102)39-85-77(67)119)26-19-29-82-69(111)44-20-12-11-13-21-44/h11-13,15-18,20-25,37,41-43,50-57,66-67,83,97-98H,5-10,14,19,26-36,38-40,80H2,1-4H3,(H2,81,100)(H,82,111)(H,84,112)(H,85,119)(H,86,115)(H,87,102)(H,88,101)(H,89,103)(H,90,117)(H,91,110)(H,92,116)(H,93,113)(H,94,120)(H,95,118)(H,96,114)(H,104,105)(H,106,107)(H,108,109)/t41-,42-,43-,50+,51+,52+,53+,54+,55+,56+,57-,66+,67+/m1/s1. The minimum atomic E-state index is -2.37. The number of hydrogen-bond acceptors (Lipinski definition) is 24. The SMILES string of the molecule is CCCCCCCCCC(=O)N[C@@H](Cc1c[nH]c2ccccc12)C(=O)N[C@@H](CC(N)=O)C(=O)N[C@@H](CCO)C(=O)N[C@@H]1C(=O)NCC(=O)N[C@@H](CCCNC(=O)c2ccccc2)C(=O)N[C@@H](CC(=O)O)C(=O)N[C@H](C)C(=O)N[C@@H](CC(=O)O)C(=O)NCC(=O)N[C@H](CO)C(=O)N[C@@H]([C@H](C)CC(=O)O)C(=O)N[C@@H](CC(=O)c2ccccc2N)C(=O)O[C@@H]1C. The van der Waals surface area contributed by atoms with Crippen LogP contribution in [0.15, 0.2) is 85.1 Å². The van der Waals surface area contributed by atoms with Gasteiger partial charge in [-0.2, -0.15) is 0 Å². The molecule has 122 heavy (non-hydrogen) atoms. The van der Waals surface area contributed by atoms with Gasteiger partial charge in [-0.05, 0) is 81.3 Å². The maximum Gasteiger partial charge on any atom is 0.329 e. The monoisotopic (exact) mass is 1710 g/mol. The second kappa shape index (κ2) is 50.4. The van der Waals surface area contributed by atoms with Crippen molar-refractivity contribution in [1.29, 1.82) is 0 Å². The molecule has 1 fully saturated rings. The number of aromatic nitrogens is 1. The van der Waals surface area contributed by atoms with Crippen LogP contribution in [-0.2, 0) is 97.5 Å². The van der Waals surface area contributed by atoms with Crippen LogP contribution in [0.25, 0.3) is 10.9 Å². The van der Waals surface area contributed by atoms with Crippen LogP contribution in [0.1, 0.15) is 157 Å². The number of nitrogens with one attached hydrogen (secondary N) is 15. The van der Waals surface area contributed by atoms with Gasteiger partial charge in [0.05, 0.1) is 45.4 Å². The number of carbonyl (C=O) groups excluding carboxylic acids is 17. The van der Waals surface area contributed by atoms with E-state index in [1.165, 1.54) is 36.4 Å². The van der Waals surface area contributed by atoms with Gasteiger partial charge < -0.3 is 121 Å². The van der Waals surface area contributed by atoms with Gasteiger partial charge in [0.2, 0.25) is 82.7 Å². The number of carboxylic acids is 3. The number of benzene rings is 3. The smallest absolute Gasteiger partial charge is 0.329 e. The first kappa shape index (κ1) is 99.1.